The summed E-state index contributed by atoms with van der Waals surface area (Å²) in [5.41, 5.74) is 1.10. The van der Waals surface area contributed by atoms with E-state index in [1.807, 2.05) is 0 Å². The van der Waals surface area contributed by atoms with Crippen LogP contribution in [-0.2, 0) is 13.7 Å². The lowest BCUT2D eigenvalue weighted by atomic mass is 10.1. The van der Waals surface area contributed by atoms with Crippen LogP contribution in [0.25, 0.3) is 0 Å². The quantitative estimate of drug-likeness (QED) is 0.494. The molecule has 1 amide bonds. The number of benzene rings is 2. The van der Waals surface area contributed by atoms with Gasteiger partial charge in [0.1, 0.15) is 6.33 Å². The molecule has 3 rings (SSSR count). The Morgan fingerprint density at radius 3 is 2.81 bits per heavy atom. The molecule has 138 valence electrons. The molecule has 0 radical (unpaired) electrons. The van der Waals surface area contributed by atoms with Crippen LogP contribution in [0, 0.1) is 10.1 Å². The number of aromatic nitrogens is 3. The van der Waals surface area contributed by atoms with Gasteiger partial charge in [0.25, 0.3) is 11.6 Å². The molecule has 0 fully saturated rings. The lowest BCUT2D eigenvalue weighted by molar-refractivity contribution is -0.387. The smallest absolute Gasteiger partial charge is 0.284 e. The van der Waals surface area contributed by atoms with Crippen molar-refractivity contribution in [1.29, 1.82) is 0 Å². The van der Waals surface area contributed by atoms with Crippen LogP contribution in [0.15, 0.2) is 58.8 Å². The molecular weight excluding hydrogens is 370 g/mol. The molecule has 2 N–H and O–H groups in total. The van der Waals surface area contributed by atoms with Gasteiger partial charge in [0.2, 0.25) is 0 Å². The van der Waals surface area contributed by atoms with Crippen LogP contribution in [0.3, 0.4) is 0 Å². The largest absolute Gasteiger partial charge is 0.392 e. The standard InChI is InChI=1S/C17H15N5O4S/c1-21-10-18-20-17(21)27-15-6-5-12(8-14(15)22(25)26)16(24)19-13-4-2-3-11(7-13)9-23/h2-8,10,23H,9H2,1H3,(H,19,24). The van der Waals surface area contributed by atoms with Gasteiger partial charge in [-0.3, -0.25) is 14.9 Å². The number of carbonyl (C=O) groups is 1. The first-order valence-corrected chi connectivity index (χ1v) is 8.61. The number of nitrogens with zero attached hydrogens (tertiary/aromatic N) is 4. The molecule has 0 saturated heterocycles. The van der Waals surface area contributed by atoms with E-state index in [0.717, 1.165) is 11.8 Å². The van der Waals surface area contributed by atoms with Gasteiger partial charge < -0.3 is 15.0 Å². The van der Waals surface area contributed by atoms with Crippen molar-refractivity contribution >= 4 is 29.0 Å². The minimum Gasteiger partial charge on any atom is -0.392 e. The Labute approximate surface area is 158 Å². The van der Waals surface area contributed by atoms with E-state index in [1.165, 1.54) is 24.5 Å². The first kappa shape index (κ1) is 18.5. The molecule has 0 saturated carbocycles. The Morgan fingerprint density at radius 1 is 1.33 bits per heavy atom. The highest BCUT2D eigenvalue weighted by molar-refractivity contribution is 7.99. The SMILES string of the molecule is Cn1cnnc1Sc1ccc(C(=O)Nc2cccc(CO)c2)cc1[N+](=O)[O-]. The lowest BCUT2D eigenvalue weighted by Gasteiger charge is -2.08. The molecule has 1 aromatic heterocycles. The summed E-state index contributed by atoms with van der Waals surface area (Å²) in [4.78, 5) is 23.7. The molecule has 0 aliphatic heterocycles. The van der Waals surface area contributed by atoms with Crippen molar-refractivity contribution in [2.45, 2.75) is 16.7 Å². The second-order valence-corrected chi connectivity index (χ2v) is 6.59. The third-order valence-corrected chi connectivity index (χ3v) is 4.77. The first-order valence-electron chi connectivity index (χ1n) is 7.79. The minimum absolute atomic E-state index is 0.150. The Morgan fingerprint density at radius 2 is 2.15 bits per heavy atom. The number of nitro groups is 1. The van der Waals surface area contributed by atoms with Crippen LogP contribution in [-0.4, -0.2) is 30.7 Å². The van der Waals surface area contributed by atoms with Gasteiger partial charge in [-0.1, -0.05) is 12.1 Å². The first-order chi connectivity index (χ1) is 13.0. The van der Waals surface area contributed by atoms with Crippen molar-refractivity contribution in [3.05, 3.63) is 70.0 Å². The lowest BCUT2D eigenvalue weighted by Crippen LogP contribution is -2.12. The van der Waals surface area contributed by atoms with Gasteiger partial charge in [-0.15, -0.1) is 10.2 Å². The number of carbonyl (C=O) groups excluding carboxylic acids is 1. The summed E-state index contributed by atoms with van der Waals surface area (Å²) in [7, 11) is 1.73. The van der Waals surface area contributed by atoms with E-state index in [-0.39, 0.29) is 17.9 Å². The average molecular weight is 385 g/mol. The summed E-state index contributed by atoms with van der Waals surface area (Å²) in [5, 5.41) is 31.4. The number of aryl methyl sites for hydroxylation is 1. The predicted octanol–water partition coefficient (Wildman–Crippen LogP) is 2.62. The molecule has 0 bridgehead atoms. The number of nitro benzene ring substituents is 1. The number of aliphatic hydroxyl groups is 1. The zero-order chi connectivity index (χ0) is 19.4. The third-order valence-electron chi connectivity index (χ3n) is 3.66. The van der Waals surface area contributed by atoms with E-state index < -0.39 is 10.8 Å². The molecule has 3 aromatic rings. The van der Waals surface area contributed by atoms with Crippen molar-refractivity contribution in [1.82, 2.24) is 14.8 Å². The molecule has 9 nitrogen and oxygen atoms in total. The number of aliphatic hydroxyl groups excluding tert-OH is 1. The van der Waals surface area contributed by atoms with Crippen molar-refractivity contribution in [3.63, 3.8) is 0 Å². The molecule has 0 atom stereocenters. The second kappa shape index (κ2) is 7.98. The molecule has 0 aliphatic carbocycles. The fourth-order valence-corrected chi connectivity index (χ4v) is 3.15. The molecule has 0 spiro atoms. The zero-order valence-electron chi connectivity index (χ0n) is 14.2. The third kappa shape index (κ3) is 4.30. The number of rotatable bonds is 6. The van der Waals surface area contributed by atoms with Gasteiger partial charge in [-0.05, 0) is 41.6 Å². The maximum absolute atomic E-state index is 12.4. The summed E-state index contributed by atoms with van der Waals surface area (Å²) in [5.74, 6) is -0.483. The minimum atomic E-state index is -0.540. The summed E-state index contributed by atoms with van der Waals surface area (Å²) >= 11 is 1.09. The molecule has 27 heavy (non-hydrogen) atoms. The van der Waals surface area contributed by atoms with Crippen LogP contribution in [0.2, 0.25) is 0 Å². The topological polar surface area (TPSA) is 123 Å². The highest BCUT2D eigenvalue weighted by Crippen LogP contribution is 2.34. The van der Waals surface area contributed by atoms with E-state index in [9.17, 15) is 14.9 Å². The normalized spacial score (nSPS) is 10.6. The van der Waals surface area contributed by atoms with E-state index in [2.05, 4.69) is 15.5 Å². The van der Waals surface area contributed by atoms with Crippen LogP contribution in [0.5, 0.6) is 0 Å². The Balaban J connectivity index is 1.85. The van der Waals surface area contributed by atoms with E-state index in [4.69, 9.17) is 5.11 Å². The van der Waals surface area contributed by atoms with Crippen LogP contribution < -0.4 is 5.32 Å². The van der Waals surface area contributed by atoms with Gasteiger partial charge in [0.15, 0.2) is 5.16 Å². The van der Waals surface area contributed by atoms with Crippen molar-refractivity contribution in [2.24, 2.45) is 7.05 Å². The van der Waals surface area contributed by atoms with Gasteiger partial charge in [0.05, 0.1) is 16.4 Å². The van der Waals surface area contributed by atoms with Crippen molar-refractivity contribution in [3.8, 4) is 0 Å². The van der Waals surface area contributed by atoms with Gasteiger partial charge in [-0.25, -0.2) is 0 Å². The summed E-state index contributed by atoms with van der Waals surface area (Å²) in [6.45, 7) is -0.150. The second-order valence-electron chi connectivity index (χ2n) is 5.58. The maximum Gasteiger partial charge on any atom is 0.284 e. The number of amides is 1. The Bertz CT molecular complexity index is 1000. The molecule has 10 heteroatoms. The number of anilines is 1. The summed E-state index contributed by atoms with van der Waals surface area (Å²) in [6, 6.07) is 11.0. The summed E-state index contributed by atoms with van der Waals surface area (Å²) < 4.78 is 1.64. The number of hydrogen-bond donors (Lipinski definition) is 2. The van der Waals surface area contributed by atoms with Crippen LogP contribution in [0.4, 0.5) is 11.4 Å². The molecular formula is C17H15N5O4S. The molecule has 2 aromatic carbocycles. The van der Waals surface area contributed by atoms with E-state index >= 15 is 0 Å². The van der Waals surface area contributed by atoms with Crippen molar-refractivity contribution < 1.29 is 14.8 Å². The van der Waals surface area contributed by atoms with Crippen molar-refractivity contribution in [2.75, 3.05) is 5.32 Å². The zero-order valence-corrected chi connectivity index (χ0v) is 15.0. The molecule has 1 heterocycles. The Hall–Kier alpha value is -3.24. The van der Waals surface area contributed by atoms with E-state index in [1.54, 1.807) is 35.9 Å². The van der Waals surface area contributed by atoms with Crippen LogP contribution >= 0.6 is 11.8 Å². The summed E-state index contributed by atoms with van der Waals surface area (Å²) in [6.07, 6.45) is 1.50. The van der Waals surface area contributed by atoms with Crippen LogP contribution in [0.1, 0.15) is 15.9 Å². The maximum atomic E-state index is 12.4. The van der Waals surface area contributed by atoms with Gasteiger partial charge in [-0.2, -0.15) is 0 Å². The monoisotopic (exact) mass is 385 g/mol. The highest BCUT2D eigenvalue weighted by atomic mass is 32.2. The fraction of sp³-hybridized carbons (Fsp3) is 0.118. The number of nitrogens with one attached hydrogen (secondary N) is 1. The average Bonchev–Trinajstić information content (AvgIpc) is 3.06. The van der Waals surface area contributed by atoms with E-state index in [0.29, 0.717) is 21.3 Å². The fourth-order valence-electron chi connectivity index (χ4n) is 2.30. The van der Waals surface area contributed by atoms with Gasteiger partial charge >= 0.3 is 0 Å². The molecule has 0 unspecified atom stereocenters. The predicted molar refractivity (Wildman–Crippen MR) is 98.5 cm³/mol. The van der Waals surface area contributed by atoms with Gasteiger partial charge in [0, 0.05) is 24.4 Å². The highest BCUT2D eigenvalue weighted by Gasteiger charge is 2.20. The number of hydrogen-bond acceptors (Lipinski definition) is 7. The molecule has 0 aliphatic rings. The Kier molecular flexibility index (Phi) is 5.48.